The molecule has 0 aliphatic heterocycles. The van der Waals surface area contributed by atoms with Crippen molar-refractivity contribution in [3.8, 4) is 11.5 Å². The largest absolute Gasteiger partial charge is 0.560 e. The zero-order chi connectivity index (χ0) is 16.2. The second-order valence-corrected chi connectivity index (χ2v) is 24.2. The zero-order valence-electron chi connectivity index (χ0n) is 14.5. The predicted octanol–water partition coefficient (Wildman–Crippen LogP) is 4.21. The molecule has 0 amide bonds. The summed E-state index contributed by atoms with van der Waals surface area (Å²) in [5, 5.41) is 0. The lowest BCUT2D eigenvalue weighted by molar-refractivity contribution is 0.275. The fourth-order valence-electron chi connectivity index (χ4n) is 1.49. The van der Waals surface area contributed by atoms with Crippen LogP contribution in [0.1, 0.15) is 0 Å². The lowest BCUT2D eigenvalue weighted by atomic mass is 10.7. The van der Waals surface area contributed by atoms with Gasteiger partial charge in [-0.2, -0.15) is 0 Å². The van der Waals surface area contributed by atoms with Crippen LogP contribution in [0.15, 0.2) is 12.7 Å². The van der Waals surface area contributed by atoms with Gasteiger partial charge in [-0.15, -0.1) is 0 Å². The highest BCUT2D eigenvalue weighted by Crippen LogP contribution is 2.24. The fraction of sp³-hybridized carbons (Fsp3) is 0.692. The Labute approximate surface area is 129 Å². The quantitative estimate of drug-likeness (QED) is 0.532. The molecule has 0 spiro atoms. The first-order valence-electron chi connectivity index (χ1n) is 6.92. The topological polar surface area (TPSA) is 27.7 Å². The van der Waals surface area contributed by atoms with Gasteiger partial charge in [-0.3, -0.25) is 0 Å². The molecule has 0 saturated heterocycles. The molecule has 0 heterocycles. The molecule has 0 N–H and O–H groups in total. The van der Waals surface area contributed by atoms with E-state index in [9.17, 15) is 0 Å². The molecule has 7 heteroatoms. The van der Waals surface area contributed by atoms with E-state index in [-0.39, 0.29) is 0 Å². The summed E-state index contributed by atoms with van der Waals surface area (Å²) in [5.41, 5.74) is 3.16. The summed E-state index contributed by atoms with van der Waals surface area (Å²) in [6.07, 6.45) is 1.58. The summed E-state index contributed by atoms with van der Waals surface area (Å²) >= 11 is 0. The Morgan fingerprint density at radius 3 is 1.20 bits per heavy atom. The Kier molecular flexibility index (Phi) is 6.89. The van der Waals surface area contributed by atoms with Crippen LogP contribution in [0.25, 0.3) is 0 Å². The second kappa shape index (κ2) is 6.87. The third kappa shape index (κ3) is 9.87. The van der Waals surface area contributed by atoms with Gasteiger partial charge in [0.2, 0.25) is 0 Å². The van der Waals surface area contributed by atoms with Crippen LogP contribution in [0.3, 0.4) is 0 Å². The van der Waals surface area contributed by atoms with Gasteiger partial charge in [0, 0.05) is 0 Å². The zero-order valence-corrected chi connectivity index (χ0v) is 18.5. The summed E-state index contributed by atoms with van der Waals surface area (Å²) in [5.74, 6) is 2.92. The minimum Gasteiger partial charge on any atom is -0.408 e. The van der Waals surface area contributed by atoms with Gasteiger partial charge in [0.15, 0.2) is 25.0 Å². The van der Waals surface area contributed by atoms with E-state index in [1.54, 1.807) is 6.08 Å². The summed E-state index contributed by atoms with van der Waals surface area (Å²) in [6, 6.07) is 0. The van der Waals surface area contributed by atoms with Crippen LogP contribution in [0.5, 0.6) is 0 Å². The molecule has 0 saturated carbocycles. The minimum absolute atomic E-state index is 1.58. The Morgan fingerprint density at radius 1 is 0.700 bits per heavy atom. The van der Waals surface area contributed by atoms with Gasteiger partial charge >= 0.3 is 8.80 Å². The molecule has 0 fully saturated rings. The lowest BCUT2D eigenvalue weighted by Gasteiger charge is -2.39. The van der Waals surface area contributed by atoms with Crippen molar-refractivity contribution in [3.05, 3.63) is 12.7 Å². The number of rotatable bonds is 6. The molecule has 3 nitrogen and oxygen atoms in total. The first kappa shape index (κ1) is 20.0. The van der Waals surface area contributed by atoms with Crippen LogP contribution < -0.4 is 0 Å². The molecule has 0 rings (SSSR count). The average molecular weight is 347 g/mol. The monoisotopic (exact) mass is 346 g/mol. The van der Waals surface area contributed by atoms with Crippen LogP contribution in [0.4, 0.5) is 0 Å². The standard InChI is InChI=1S/C13H30O3Si4/c1-11-12-13-20(14-17(2,3)4,15-18(5,6)7)16-19(8,9)10/h11H,1H2,2-10H3. The van der Waals surface area contributed by atoms with Crippen LogP contribution in [-0.4, -0.2) is 33.8 Å². The maximum Gasteiger partial charge on any atom is 0.560 e. The molecule has 0 bridgehead atoms. The molecular formula is C13H30O3Si4. The SMILES string of the molecule is C=CC#C[Si](O[Si](C)(C)C)(O[Si](C)(C)C)O[Si](C)(C)C. The van der Waals surface area contributed by atoms with E-state index in [2.05, 4.69) is 77.0 Å². The first-order valence-corrected chi connectivity index (χ1v) is 18.9. The van der Waals surface area contributed by atoms with Gasteiger partial charge < -0.3 is 12.3 Å². The van der Waals surface area contributed by atoms with Gasteiger partial charge in [0.25, 0.3) is 0 Å². The van der Waals surface area contributed by atoms with Gasteiger partial charge in [-0.25, -0.2) is 0 Å². The number of allylic oxidation sites excluding steroid dienone is 1. The third-order valence-electron chi connectivity index (χ3n) is 1.65. The first-order chi connectivity index (χ1) is 8.68. The Balaban J connectivity index is 5.69. The van der Waals surface area contributed by atoms with E-state index < -0.39 is 33.8 Å². The van der Waals surface area contributed by atoms with E-state index >= 15 is 0 Å². The Morgan fingerprint density at radius 2 is 1.00 bits per heavy atom. The van der Waals surface area contributed by atoms with E-state index in [4.69, 9.17) is 12.3 Å². The van der Waals surface area contributed by atoms with Crippen molar-refractivity contribution in [3.63, 3.8) is 0 Å². The van der Waals surface area contributed by atoms with Crippen molar-refractivity contribution in [2.45, 2.75) is 58.9 Å². The second-order valence-electron chi connectivity index (χ2n) is 7.67. The summed E-state index contributed by atoms with van der Waals surface area (Å²) in [6.45, 7) is 23.0. The van der Waals surface area contributed by atoms with Crippen molar-refractivity contribution in [2.75, 3.05) is 0 Å². The summed E-state index contributed by atoms with van der Waals surface area (Å²) in [4.78, 5) is 0. The molecule has 0 unspecified atom stereocenters. The molecule has 0 atom stereocenters. The Hall–Kier alpha value is 0.0475. The van der Waals surface area contributed by atoms with E-state index in [1.807, 2.05) is 0 Å². The third-order valence-corrected chi connectivity index (χ3v) is 12.7. The highest BCUT2D eigenvalue weighted by Gasteiger charge is 2.49. The molecule has 116 valence electrons. The van der Waals surface area contributed by atoms with Crippen LogP contribution in [0.2, 0.25) is 58.9 Å². The summed E-state index contributed by atoms with van der Waals surface area (Å²) < 4.78 is 19.1. The van der Waals surface area contributed by atoms with E-state index in [1.165, 1.54) is 0 Å². The van der Waals surface area contributed by atoms with Gasteiger partial charge in [-0.1, -0.05) is 12.5 Å². The Bertz CT molecular complexity index is 350. The molecular weight excluding hydrogens is 316 g/mol. The van der Waals surface area contributed by atoms with Crippen LogP contribution in [0, 0.1) is 11.5 Å². The molecule has 0 aliphatic rings. The van der Waals surface area contributed by atoms with Gasteiger partial charge in [0.05, 0.1) is 0 Å². The van der Waals surface area contributed by atoms with Crippen LogP contribution >= 0.6 is 0 Å². The smallest absolute Gasteiger partial charge is 0.408 e. The molecule has 0 radical (unpaired) electrons. The molecule has 0 aromatic carbocycles. The summed E-state index contributed by atoms with van der Waals surface area (Å²) in [7, 11) is -8.44. The van der Waals surface area contributed by atoms with Crippen molar-refractivity contribution in [1.82, 2.24) is 0 Å². The average Bonchev–Trinajstić information content (AvgIpc) is 2.05. The predicted molar refractivity (Wildman–Crippen MR) is 97.0 cm³/mol. The van der Waals surface area contributed by atoms with Gasteiger partial charge in [0.1, 0.15) is 0 Å². The molecule has 20 heavy (non-hydrogen) atoms. The number of hydrogen-bond acceptors (Lipinski definition) is 3. The van der Waals surface area contributed by atoms with Crippen molar-refractivity contribution in [2.24, 2.45) is 0 Å². The highest BCUT2D eigenvalue weighted by atomic mass is 28.5. The maximum atomic E-state index is 6.36. The highest BCUT2D eigenvalue weighted by molar-refractivity contribution is 6.93. The molecule has 0 aromatic rings. The van der Waals surface area contributed by atoms with Crippen molar-refractivity contribution < 1.29 is 12.3 Å². The minimum atomic E-state index is -2.97. The van der Waals surface area contributed by atoms with Gasteiger partial charge in [-0.05, 0) is 70.5 Å². The maximum absolute atomic E-state index is 6.36. The molecule has 0 aliphatic carbocycles. The number of hydrogen-bond donors (Lipinski definition) is 0. The van der Waals surface area contributed by atoms with E-state index in [0.29, 0.717) is 0 Å². The lowest BCUT2D eigenvalue weighted by Crippen LogP contribution is -2.60. The van der Waals surface area contributed by atoms with Crippen LogP contribution in [-0.2, 0) is 12.3 Å². The fourth-order valence-corrected chi connectivity index (χ4v) is 13.7. The van der Waals surface area contributed by atoms with E-state index in [0.717, 1.165) is 0 Å². The molecule has 0 aromatic heterocycles. The normalized spacial score (nSPS) is 13.7. The van der Waals surface area contributed by atoms with Crippen molar-refractivity contribution in [1.29, 1.82) is 0 Å². The van der Waals surface area contributed by atoms with Crippen molar-refractivity contribution >= 4 is 33.8 Å².